The smallest absolute Gasteiger partial charge is 0.323 e. The second-order valence-corrected chi connectivity index (χ2v) is 8.62. The molecule has 1 fully saturated rings. The molecule has 0 aromatic carbocycles. The van der Waals surface area contributed by atoms with Crippen LogP contribution in [-0.4, -0.2) is 62.9 Å². The molecule has 1 atom stereocenters. The van der Waals surface area contributed by atoms with Gasteiger partial charge in [-0.05, 0) is 19.8 Å². The van der Waals surface area contributed by atoms with Crippen LogP contribution < -0.4 is 4.72 Å². The highest BCUT2D eigenvalue weighted by atomic mass is 32.2. The van der Waals surface area contributed by atoms with Crippen molar-refractivity contribution >= 4 is 26.0 Å². The first-order valence-corrected chi connectivity index (χ1v) is 9.12. The molecule has 1 rings (SSSR count). The van der Waals surface area contributed by atoms with Crippen molar-refractivity contribution in [3.05, 3.63) is 0 Å². The van der Waals surface area contributed by atoms with Gasteiger partial charge < -0.3 is 5.11 Å². The number of aliphatic carboxylic acids is 1. The Bertz CT molecular complexity index is 533. The van der Waals surface area contributed by atoms with E-state index in [0.29, 0.717) is 12.8 Å². The average Bonchev–Trinajstić information content (AvgIpc) is 2.26. The van der Waals surface area contributed by atoms with Crippen LogP contribution in [-0.2, 0) is 24.8 Å². The summed E-state index contributed by atoms with van der Waals surface area (Å²) >= 11 is 0. The Morgan fingerprint density at radius 2 is 1.74 bits per heavy atom. The molecule has 0 bridgehead atoms. The predicted octanol–water partition coefficient (Wildman–Crippen LogP) is -1.20. The standard InChI is InChI=1S/C9H18N2O6S2/c1-7(9(12)13)19(16,17)11-5-3-8(4-6-11)10-18(2,14)15/h7-8,10H,3-6H2,1-2H3,(H,12,13). The molecule has 0 radical (unpaired) electrons. The zero-order valence-corrected chi connectivity index (χ0v) is 12.4. The van der Waals surface area contributed by atoms with Crippen LogP contribution in [0.1, 0.15) is 19.8 Å². The van der Waals surface area contributed by atoms with E-state index in [2.05, 4.69) is 4.72 Å². The first kappa shape index (κ1) is 16.3. The quantitative estimate of drug-likeness (QED) is 0.658. The molecule has 10 heteroatoms. The first-order chi connectivity index (χ1) is 8.54. The molecule has 19 heavy (non-hydrogen) atoms. The lowest BCUT2D eigenvalue weighted by Gasteiger charge is -2.32. The molecule has 1 unspecified atom stereocenters. The number of piperidine rings is 1. The third-order valence-corrected chi connectivity index (χ3v) is 5.93. The van der Waals surface area contributed by atoms with Gasteiger partial charge in [0.25, 0.3) is 0 Å². The van der Waals surface area contributed by atoms with Crippen LogP contribution in [0.5, 0.6) is 0 Å². The van der Waals surface area contributed by atoms with Crippen molar-refractivity contribution < 1.29 is 26.7 Å². The van der Waals surface area contributed by atoms with Gasteiger partial charge >= 0.3 is 5.97 Å². The summed E-state index contributed by atoms with van der Waals surface area (Å²) in [5, 5.41) is 7.26. The minimum absolute atomic E-state index is 0.118. The summed E-state index contributed by atoms with van der Waals surface area (Å²) in [6, 6.07) is -0.304. The molecule has 0 aliphatic carbocycles. The number of rotatable bonds is 5. The first-order valence-electron chi connectivity index (χ1n) is 5.73. The highest BCUT2D eigenvalue weighted by molar-refractivity contribution is 7.90. The maximum absolute atomic E-state index is 11.9. The van der Waals surface area contributed by atoms with E-state index >= 15 is 0 Å². The largest absolute Gasteiger partial charge is 0.480 e. The maximum Gasteiger partial charge on any atom is 0.323 e. The van der Waals surface area contributed by atoms with E-state index in [1.165, 1.54) is 0 Å². The van der Waals surface area contributed by atoms with E-state index in [-0.39, 0.29) is 19.1 Å². The highest BCUT2D eigenvalue weighted by Crippen LogP contribution is 2.18. The van der Waals surface area contributed by atoms with Gasteiger partial charge in [-0.1, -0.05) is 0 Å². The summed E-state index contributed by atoms with van der Waals surface area (Å²) in [7, 11) is -7.19. The van der Waals surface area contributed by atoms with Crippen molar-refractivity contribution in [3.8, 4) is 0 Å². The molecular formula is C9H18N2O6S2. The van der Waals surface area contributed by atoms with Crippen LogP contribution in [0, 0.1) is 0 Å². The predicted molar refractivity (Wildman–Crippen MR) is 68.6 cm³/mol. The lowest BCUT2D eigenvalue weighted by Crippen LogP contribution is -2.49. The fourth-order valence-electron chi connectivity index (χ4n) is 1.88. The number of carbonyl (C=O) groups is 1. The Balaban J connectivity index is 2.66. The molecular weight excluding hydrogens is 296 g/mol. The fourth-order valence-corrected chi connectivity index (χ4v) is 4.14. The highest BCUT2D eigenvalue weighted by Gasteiger charge is 2.36. The number of carboxylic acids is 1. The van der Waals surface area contributed by atoms with Crippen molar-refractivity contribution in [2.24, 2.45) is 0 Å². The lowest BCUT2D eigenvalue weighted by molar-refractivity contribution is -0.136. The summed E-state index contributed by atoms with van der Waals surface area (Å²) < 4.78 is 49.5. The molecule has 1 heterocycles. The molecule has 112 valence electrons. The van der Waals surface area contributed by atoms with E-state index in [9.17, 15) is 21.6 Å². The van der Waals surface area contributed by atoms with Gasteiger partial charge in [-0.2, -0.15) is 0 Å². The minimum atomic E-state index is -3.87. The van der Waals surface area contributed by atoms with Crippen molar-refractivity contribution in [1.82, 2.24) is 9.03 Å². The van der Waals surface area contributed by atoms with Crippen LogP contribution in [0.3, 0.4) is 0 Å². The van der Waals surface area contributed by atoms with Crippen LogP contribution in [0.15, 0.2) is 0 Å². The second kappa shape index (κ2) is 5.73. The van der Waals surface area contributed by atoms with Crippen molar-refractivity contribution in [2.75, 3.05) is 19.3 Å². The summed E-state index contributed by atoms with van der Waals surface area (Å²) in [5.74, 6) is -1.39. The number of nitrogens with one attached hydrogen (secondary N) is 1. The van der Waals surface area contributed by atoms with E-state index in [4.69, 9.17) is 5.11 Å². The molecule has 0 aromatic heterocycles. The van der Waals surface area contributed by atoms with Gasteiger partial charge in [0.2, 0.25) is 20.0 Å². The molecule has 1 saturated heterocycles. The van der Waals surface area contributed by atoms with Gasteiger partial charge in [-0.15, -0.1) is 0 Å². The van der Waals surface area contributed by atoms with E-state index in [0.717, 1.165) is 17.5 Å². The minimum Gasteiger partial charge on any atom is -0.480 e. The number of hydrogen-bond acceptors (Lipinski definition) is 5. The summed E-state index contributed by atoms with van der Waals surface area (Å²) in [6.45, 7) is 1.36. The molecule has 1 aliphatic rings. The molecule has 0 saturated carbocycles. The van der Waals surface area contributed by atoms with E-state index in [1.54, 1.807) is 0 Å². The summed E-state index contributed by atoms with van der Waals surface area (Å²) in [5.41, 5.74) is 0. The number of carboxylic acid groups (broad SMARTS) is 1. The molecule has 0 aromatic rings. The number of sulfonamides is 2. The molecule has 8 nitrogen and oxygen atoms in total. The normalized spacial score (nSPS) is 21.2. The molecule has 0 spiro atoms. The van der Waals surface area contributed by atoms with Crippen LogP contribution in [0.4, 0.5) is 0 Å². The monoisotopic (exact) mass is 314 g/mol. The summed E-state index contributed by atoms with van der Waals surface area (Å²) in [6.07, 6.45) is 1.71. The van der Waals surface area contributed by atoms with Crippen molar-refractivity contribution in [3.63, 3.8) is 0 Å². The SMILES string of the molecule is CC(C(=O)O)S(=O)(=O)N1CCC(NS(C)(=O)=O)CC1. The van der Waals surface area contributed by atoms with E-state index in [1.807, 2.05) is 0 Å². The Morgan fingerprint density at radius 3 is 2.11 bits per heavy atom. The Hall–Kier alpha value is -0.710. The van der Waals surface area contributed by atoms with Gasteiger partial charge in [0.15, 0.2) is 5.25 Å². The number of nitrogens with zero attached hydrogens (tertiary/aromatic N) is 1. The second-order valence-electron chi connectivity index (χ2n) is 4.59. The Morgan fingerprint density at radius 1 is 1.26 bits per heavy atom. The van der Waals surface area contributed by atoms with E-state index < -0.39 is 31.3 Å². The van der Waals surface area contributed by atoms with Crippen LogP contribution in [0.2, 0.25) is 0 Å². The van der Waals surface area contributed by atoms with Gasteiger partial charge in [0.1, 0.15) is 0 Å². The van der Waals surface area contributed by atoms with Crippen molar-refractivity contribution in [1.29, 1.82) is 0 Å². The Labute approximate surface area is 112 Å². The third kappa shape index (κ3) is 4.41. The van der Waals surface area contributed by atoms with Gasteiger partial charge in [-0.3, -0.25) is 4.79 Å². The van der Waals surface area contributed by atoms with Crippen LogP contribution >= 0.6 is 0 Å². The zero-order chi connectivity index (χ0) is 14.8. The zero-order valence-electron chi connectivity index (χ0n) is 10.7. The van der Waals surface area contributed by atoms with Gasteiger partial charge in [0.05, 0.1) is 6.26 Å². The third-order valence-electron chi connectivity index (χ3n) is 2.99. The Kier molecular flexibility index (Phi) is 4.93. The van der Waals surface area contributed by atoms with Gasteiger partial charge in [-0.25, -0.2) is 25.9 Å². The van der Waals surface area contributed by atoms with Crippen molar-refractivity contribution in [2.45, 2.75) is 31.1 Å². The molecule has 1 aliphatic heterocycles. The maximum atomic E-state index is 11.9. The molecule has 2 N–H and O–H groups in total. The number of hydrogen-bond donors (Lipinski definition) is 2. The van der Waals surface area contributed by atoms with Gasteiger partial charge in [0, 0.05) is 19.1 Å². The summed E-state index contributed by atoms with van der Waals surface area (Å²) in [4.78, 5) is 10.7. The molecule has 0 amide bonds. The lowest BCUT2D eigenvalue weighted by atomic mass is 10.1. The topological polar surface area (TPSA) is 121 Å². The van der Waals surface area contributed by atoms with Crippen LogP contribution in [0.25, 0.3) is 0 Å². The average molecular weight is 314 g/mol. The fraction of sp³-hybridized carbons (Fsp3) is 0.889.